The van der Waals surface area contributed by atoms with Crippen molar-refractivity contribution in [1.82, 2.24) is 5.01 Å². The highest BCUT2D eigenvalue weighted by Crippen LogP contribution is 2.29. The summed E-state index contributed by atoms with van der Waals surface area (Å²) in [6.45, 7) is 3.31. The van der Waals surface area contributed by atoms with Gasteiger partial charge in [-0.25, -0.2) is 14.2 Å². The smallest absolute Gasteiger partial charge is 0.354 e. The van der Waals surface area contributed by atoms with E-state index in [1.54, 1.807) is 6.92 Å². The second-order valence-electron chi connectivity index (χ2n) is 4.32. The number of esters is 1. The van der Waals surface area contributed by atoms with Gasteiger partial charge in [-0.1, -0.05) is 11.6 Å². The number of halogens is 3. The zero-order valence-corrected chi connectivity index (χ0v) is 14.7. The Morgan fingerprint density at radius 1 is 1.45 bits per heavy atom. The predicted octanol–water partition coefficient (Wildman–Crippen LogP) is 3.18. The Balaban J connectivity index is 2.88. The number of hydrazone groups is 1. The van der Waals surface area contributed by atoms with Crippen LogP contribution < -0.4 is 0 Å². The molecule has 1 rings (SSSR count). The Labute approximate surface area is 141 Å². The van der Waals surface area contributed by atoms with Gasteiger partial charge in [-0.3, -0.25) is 4.79 Å². The van der Waals surface area contributed by atoms with E-state index in [4.69, 9.17) is 16.3 Å². The predicted molar refractivity (Wildman–Crippen MR) is 85.3 cm³/mol. The first-order valence-electron chi connectivity index (χ1n) is 6.39. The normalized spacial score (nSPS) is 11.3. The lowest BCUT2D eigenvalue weighted by molar-refractivity contribution is -0.135. The minimum atomic E-state index is -0.614. The van der Waals surface area contributed by atoms with Crippen LogP contribution in [0.5, 0.6) is 0 Å². The summed E-state index contributed by atoms with van der Waals surface area (Å²) in [6, 6.07) is 2.57. The summed E-state index contributed by atoms with van der Waals surface area (Å²) < 4.78 is 18.9. The number of benzene rings is 1. The average Bonchev–Trinajstić information content (AvgIpc) is 2.47. The van der Waals surface area contributed by atoms with Gasteiger partial charge in [-0.05, 0) is 41.9 Å². The number of likely N-dealkylation sites (N-methyl/N-ethyl adjacent to an activating group) is 1. The maximum absolute atomic E-state index is 13.8. The molecule has 0 aliphatic carbocycles. The minimum absolute atomic E-state index is 0.0309. The molecule has 0 unspecified atom stereocenters. The van der Waals surface area contributed by atoms with Crippen LogP contribution in [0.4, 0.5) is 4.39 Å². The summed E-state index contributed by atoms with van der Waals surface area (Å²) in [5.74, 6) is -1.66. The van der Waals surface area contributed by atoms with Crippen LogP contribution in [0.1, 0.15) is 19.4 Å². The van der Waals surface area contributed by atoms with Crippen molar-refractivity contribution in [3.63, 3.8) is 0 Å². The maximum Gasteiger partial charge on any atom is 0.354 e. The Morgan fingerprint density at radius 3 is 2.68 bits per heavy atom. The summed E-state index contributed by atoms with van der Waals surface area (Å²) in [5.41, 5.74) is 0.164. The number of hydrogen-bond acceptors (Lipinski definition) is 4. The largest absolute Gasteiger partial charge is 0.461 e. The van der Waals surface area contributed by atoms with Crippen molar-refractivity contribution in [2.75, 3.05) is 13.7 Å². The molecule has 120 valence electrons. The first-order chi connectivity index (χ1) is 10.3. The van der Waals surface area contributed by atoms with Crippen LogP contribution in [-0.2, 0) is 20.7 Å². The second kappa shape index (κ2) is 8.24. The summed E-state index contributed by atoms with van der Waals surface area (Å²) in [6.07, 6.45) is -0.247. The van der Waals surface area contributed by atoms with Crippen molar-refractivity contribution in [3.05, 3.63) is 33.0 Å². The molecule has 0 heterocycles. The van der Waals surface area contributed by atoms with Gasteiger partial charge in [0.1, 0.15) is 11.5 Å². The van der Waals surface area contributed by atoms with E-state index < -0.39 is 17.7 Å². The summed E-state index contributed by atoms with van der Waals surface area (Å²) >= 11 is 9.03. The monoisotopic (exact) mass is 392 g/mol. The fraction of sp³-hybridized carbons (Fsp3) is 0.357. The number of nitrogens with zero attached hydrogens (tertiary/aromatic N) is 2. The van der Waals surface area contributed by atoms with Crippen LogP contribution in [0.2, 0.25) is 5.02 Å². The van der Waals surface area contributed by atoms with Crippen LogP contribution in [0.15, 0.2) is 21.7 Å². The molecular weight excluding hydrogens is 379 g/mol. The van der Waals surface area contributed by atoms with Crippen molar-refractivity contribution in [2.45, 2.75) is 20.3 Å². The standard InChI is InChI=1S/C14H15BrClFN2O3/c1-4-22-14(21)8(2)18-19(3)12(20)7-9-11(17)6-5-10(16)13(9)15/h5-6H,4,7H2,1-3H3. The fourth-order valence-electron chi connectivity index (χ4n) is 1.55. The highest BCUT2D eigenvalue weighted by Gasteiger charge is 2.18. The van der Waals surface area contributed by atoms with Crippen molar-refractivity contribution in [2.24, 2.45) is 5.10 Å². The van der Waals surface area contributed by atoms with Gasteiger partial charge in [-0.2, -0.15) is 5.10 Å². The maximum atomic E-state index is 13.8. The quantitative estimate of drug-likeness (QED) is 0.334. The molecule has 5 nitrogen and oxygen atoms in total. The van der Waals surface area contributed by atoms with Crippen LogP contribution in [0.3, 0.4) is 0 Å². The van der Waals surface area contributed by atoms with Crippen LogP contribution in [-0.4, -0.2) is 36.3 Å². The lowest BCUT2D eigenvalue weighted by Crippen LogP contribution is -2.27. The molecule has 0 spiro atoms. The molecule has 0 aromatic heterocycles. The second-order valence-corrected chi connectivity index (χ2v) is 5.52. The van der Waals surface area contributed by atoms with Crippen molar-refractivity contribution in [1.29, 1.82) is 0 Å². The zero-order chi connectivity index (χ0) is 16.9. The number of amides is 1. The first kappa shape index (κ1) is 18.6. The highest BCUT2D eigenvalue weighted by atomic mass is 79.9. The van der Waals surface area contributed by atoms with Gasteiger partial charge in [0, 0.05) is 17.1 Å². The zero-order valence-electron chi connectivity index (χ0n) is 12.3. The number of hydrogen-bond donors (Lipinski definition) is 0. The lowest BCUT2D eigenvalue weighted by Gasteiger charge is -2.14. The third-order valence-corrected chi connectivity index (χ3v) is 4.15. The van der Waals surface area contributed by atoms with Gasteiger partial charge in [0.15, 0.2) is 0 Å². The van der Waals surface area contributed by atoms with E-state index in [1.165, 1.54) is 26.1 Å². The third kappa shape index (κ3) is 4.78. The molecule has 1 amide bonds. The molecule has 22 heavy (non-hydrogen) atoms. The van der Waals surface area contributed by atoms with Crippen LogP contribution >= 0.6 is 27.5 Å². The molecule has 0 bridgehead atoms. The summed E-state index contributed by atoms with van der Waals surface area (Å²) in [5, 5.41) is 5.10. The topological polar surface area (TPSA) is 59.0 Å². The van der Waals surface area contributed by atoms with E-state index in [2.05, 4.69) is 21.0 Å². The number of rotatable bonds is 5. The molecule has 0 fully saturated rings. The lowest BCUT2D eigenvalue weighted by atomic mass is 10.1. The molecule has 0 N–H and O–H groups in total. The van der Waals surface area contributed by atoms with Crippen molar-refractivity contribution < 1.29 is 18.7 Å². The number of carbonyl (C=O) groups is 2. The molecule has 0 saturated carbocycles. The molecule has 0 saturated heterocycles. The third-order valence-electron chi connectivity index (χ3n) is 2.70. The summed E-state index contributed by atoms with van der Waals surface area (Å²) in [7, 11) is 1.38. The summed E-state index contributed by atoms with van der Waals surface area (Å²) in [4.78, 5) is 23.5. The first-order valence-corrected chi connectivity index (χ1v) is 7.56. The van der Waals surface area contributed by atoms with Gasteiger partial charge < -0.3 is 4.74 Å². The molecule has 1 aromatic carbocycles. The fourth-order valence-corrected chi connectivity index (χ4v) is 2.19. The van der Waals surface area contributed by atoms with Gasteiger partial charge in [0.25, 0.3) is 0 Å². The van der Waals surface area contributed by atoms with Crippen molar-refractivity contribution >= 4 is 45.1 Å². The molecule has 0 atom stereocenters. The van der Waals surface area contributed by atoms with Crippen molar-refractivity contribution in [3.8, 4) is 0 Å². The van der Waals surface area contributed by atoms with E-state index in [9.17, 15) is 14.0 Å². The minimum Gasteiger partial charge on any atom is -0.461 e. The van der Waals surface area contributed by atoms with E-state index in [0.29, 0.717) is 9.50 Å². The Bertz CT molecular complexity index is 622. The Morgan fingerprint density at radius 2 is 2.09 bits per heavy atom. The van der Waals surface area contributed by atoms with E-state index in [1.807, 2.05) is 0 Å². The molecule has 0 aliphatic rings. The SMILES string of the molecule is CCOC(=O)C(C)=NN(C)C(=O)Cc1c(F)ccc(Cl)c1Br. The van der Waals surface area contributed by atoms with Crippen LogP contribution in [0.25, 0.3) is 0 Å². The van der Waals surface area contributed by atoms with Gasteiger partial charge >= 0.3 is 5.97 Å². The van der Waals surface area contributed by atoms with Gasteiger partial charge in [0.05, 0.1) is 18.1 Å². The van der Waals surface area contributed by atoms with Gasteiger partial charge in [0.2, 0.25) is 5.91 Å². The number of ether oxygens (including phenoxy) is 1. The Kier molecular flexibility index (Phi) is 6.96. The molecule has 1 aromatic rings. The van der Waals surface area contributed by atoms with E-state index in [0.717, 1.165) is 5.01 Å². The highest BCUT2D eigenvalue weighted by molar-refractivity contribution is 9.10. The molecule has 0 radical (unpaired) electrons. The molecular formula is C14H15BrClFN2O3. The van der Waals surface area contributed by atoms with Crippen LogP contribution in [0, 0.1) is 5.82 Å². The Hall–Kier alpha value is -1.47. The average molecular weight is 394 g/mol. The molecule has 8 heteroatoms. The number of carbonyl (C=O) groups excluding carboxylic acids is 2. The van der Waals surface area contributed by atoms with Gasteiger partial charge in [-0.15, -0.1) is 0 Å². The van der Waals surface area contributed by atoms with E-state index >= 15 is 0 Å². The molecule has 0 aliphatic heterocycles. The van der Waals surface area contributed by atoms with E-state index in [-0.39, 0.29) is 24.3 Å².